The summed E-state index contributed by atoms with van der Waals surface area (Å²) < 4.78 is 14.1. The van der Waals surface area contributed by atoms with Gasteiger partial charge in [0.15, 0.2) is 0 Å². The minimum absolute atomic E-state index is 0.143. The molecule has 0 radical (unpaired) electrons. The predicted molar refractivity (Wildman–Crippen MR) is 135 cm³/mol. The van der Waals surface area contributed by atoms with Crippen molar-refractivity contribution >= 4 is 23.2 Å². The van der Waals surface area contributed by atoms with Crippen LogP contribution in [-0.2, 0) is 11.2 Å². The van der Waals surface area contributed by atoms with Crippen molar-refractivity contribution in [2.45, 2.75) is 12.5 Å². The van der Waals surface area contributed by atoms with E-state index in [1.165, 1.54) is 6.07 Å². The van der Waals surface area contributed by atoms with Crippen LogP contribution in [0.2, 0.25) is 0 Å². The first-order valence-corrected chi connectivity index (χ1v) is 12.1. The molecule has 1 fully saturated rings. The third kappa shape index (κ3) is 4.91. The SMILES string of the molecule is O=C(NCCN1CCN(c2ccccc2F)CC1)[C@@H]1Cc2ccccc2N1C(=O)c1ccccc1. The zero-order chi connectivity index (χ0) is 24.2. The normalized spacial score (nSPS) is 17.8. The zero-order valence-corrected chi connectivity index (χ0v) is 19.6. The van der Waals surface area contributed by atoms with Crippen LogP contribution in [0.3, 0.4) is 0 Å². The Hall–Kier alpha value is -3.71. The minimum Gasteiger partial charge on any atom is -0.367 e. The van der Waals surface area contributed by atoms with Gasteiger partial charge in [-0.2, -0.15) is 0 Å². The first-order chi connectivity index (χ1) is 17.1. The van der Waals surface area contributed by atoms with Gasteiger partial charge in [0.1, 0.15) is 11.9 Å². The number of nitrogens with zero attached hydrogens (tertiary/aromatic N) is 3. The third-order valence-corrected chi connectivity index (χ3v) is 6.81. The number of nitrogens with one attached hydrogen (secondary N) is 1. The number of amides is 2. The van der Waals surface area contributed by atoms with Crippen molar-refractivity contribution in [3.8, 4) is 0 Å². The van der Waals surface area contributed by atoms with E-state index in [9.17, 15) is 14.0 Å². The second kappa shape index (κ2) is 10.3. The third-order valence-electron chi connectivity index (χ3n) is 6.81. The molecule has 2 heterocycles. The molecule has 1 saturated heterocycles. The lowest BCUT2D eigenvalue weighted by atomic mass is 10.1. The summed E-state index contributed by atoms with van der Waals surface area (Å²) in [4.78, 5) is 32.5. The highest BCUT2D eigenvalue weighted by Crippen LogP contribution is 2.33. The van der Waals surface area contributed by atoms with Gasteiger partial charge in [-0.15, -0.1) is 0 Å². The van der Waals surface area contributed by atoms with Crippen molar-refractivity contribution in [1.82, 2.24) is 10.2 Å². The molecule has 0 bridgehead atoms. The fourth-order valence-electron chi connectivity index (χ4n) is 4.94. The first kappa shape index (κ1) is 23.1. The van der Waals surface area contributed by atoms with E-state index in [1.807, 2.05) is 54.6 Å². The van der Waals surface area contributed by atoms with E-state index in [1.54, 1.807) is 23.1 Å². The molecule has 2 aliphatic heterocycles. The molecule has 1 N–H and O–H groups in total. The van der Waals surface area contributed by atoms with Gasteiger partial charge < -0.3 is 10.2 Å². The van der Waals surface area contributed by atoms with E-state index in [4.69, 9.17) is 0 Å². The van der Waals surface area contributed by atoms with Crippen molar-refractivity contribution in [3.05, 3.63) is 95.8 Å². The number of benzene rings is 3. The summed E-state index contributed by atoms with van der Waals surface area (Å²) in [7, 11) is 0. The largest absolute Gasteiger partial charge is 0.367 e. The van der Waals surface area contributed by atoms with Crippen LogP contribution in [0.25, 0.3) is 0 Å². The van der Waals surface area contributed by atoms with E-state index in [0.29, 0.717) is 30.8 Å². The van der Waals surface area contributed by atoms with Gasteiger partial charge in [0, 0.05) is 56.9 Å². The van der Waals surface area contributed by atoms with Crippen LogP contribution in [0.5, 0.6) is 0 Å². The van der Waals surface area contributed by atoms with Gasteiger partial charge in [-0.3, -0.25) is 19.4 Å². The van der Waals surface area contributed by atoms with Crippen LogP contribution in [0.1, 0.15) is 15.9 Å². The van der Waals surface area contributed by atoms with Gasteiger partial charge in [0.05, 0.1) is 5.69 Å². The molecule has 0 spiro atoms. The topological polar surface area (TPSA) is 55.9 Å². The number of piperazine rings is 1. The fraction of sp³-hybridized carbons (Fsp3) is 0.286. The molecule has 0 unspecified atom stereocenters. The number of hydrogen-bond acceptors (Lipinski definition) is 4. The molecule has 7 heteroatoms. The van der Waals surface area contributed by atoms with Crippen LogP contribution >= 0.6 is 0 Å². The van der Waals surface area contributed by atoms with Crippen LogP contribution in [0, 0.1) is 5.82 Å². The number of anilines is 2. The Bertz CT molecular complexity index is 1190. The molecular weight excluding hydrogens is 443 g/mol. The minimum atomic E-state index is -0.571. The van der Waals surface area contributed by atoms with Crippen molar-refractivity contribution in [1.29, 1.82) is 0 Å². The molecule has 180 valence electrons. The van der Waals surface area contributed by atoms with Crippen molar-refractivity contribution in [2.75, 3.05) is 49.1 Å². The fourth-order valence-corrected chi connectivity index (χ4v) is 4.94. The maximum atomic E-state index is 14.1. The number of fused-ring (bicyclic) bond motifs is 1. The summed E-state index contributed by atoms with van der Waals surface area (Å²) in [6.45, 7) is 4.30. The highest BCUT2D eigenvalue weighted by molar-refractivity contribution is 6.11. The lowest BCUT2D eigenvalue weighted by Crippen LogP contribution is -2.51. The lowest BCUT2D eigenvalue weighted by Gasteiger charge is -2.36. The molecule has 1 atom stereocenters. The summed E-state index contributed by atoms with van der Waals surface area (Å²) in [6, 6.07) is 23.1. The van der Waals surface area contributed by atoms with Gasteiger partial charge in [-0.05, 0) is 35.9 Å². The molecule has 2 aliphatic rings. The van der Waals surface area contributed by atoms with E-state index < -0.39 is 6.04 Å². The summed E-state index contributed by atoms with van der Waals surface area (Å²) in [5, 5.41) is 3.05. The molecule has 0 saturated carbocycles. The van der Waals surface area contributed by atoms with Gasteiger partial charge in [0.25, 0.3) is 5.91 Å². The highest BCUT2D eigenvalue weighted by atomic mass is 19.1. The summed E-state index contributed by atoms with van der Waals surface area (Å²) >= 11 is 0. The van der Waals surface area contributed by atoms with Gasteiger partial charge >= 0.3 is 0 Å². The average Bonchev–Trinajstić information content (AvgIpc) is 3.29. The molecular formula is C28H29FN4O2. The first-order valence-electron chi connectivity index (χ1n) is 12.1. The molecule has 6 nitrogen and oxygen atoms in total. The smallest absolute Gasteiger partial charge is 0.259 e. The molecule has 2 amide bonds. The molecule has 35 heavy (non-hydrogen) atoms. The van der Waals surface area contributed by atoms with Gasteiger partial charge in [-0.1, -0.05) is 48.5 Å². The summed E-state index contributed by atoms with van der Waals surface area (Å²) in [6.07, 6.45) is 0.502. The van der Waals surface area contributed by atoms with Crippen LogP contribution in [0.15, 0.2) is 78.9 Å². The number of para-hydroxylation sites is 2. The molecule has 0 aromatic heterocycles. The van der Waals surface area contributed by atoms with Crippen LogP contribution in [-0.4, -0.2) is 62.0 Å². The Morgan fingerprint density at radius 1 is 0.829 bits per heavy atom. The number of carbonyl (C=O) groups is 2. The molecule has 5 rings (SSSR count). The monoisotopic (exact) mass is 472 g/mol. The standard InChI is InChI=1S/C28H29FN4O2/c29-23-11-5-7-13-25(23)32-18-16-31(17-19-32)15-14-30-27(34)26-20-22-10-4-6-12-24(22)33(26)28(35)21-8-2-1-3-9-21/h1-13,26H,14-20H2,(H,30,34)/t26-/m0/s1. The number of hydrogen-bond donors (Lipinski definition) is 1. The number of halogens is 1. The second-order valence-electron chi connectivity index (χ2n) is 8.96. The van der Waals surface area contributed by atoms with Crippen molar-refractivity contribution in [2.24, 2.45) is 0 Å². The summed E-state index contributed by atoms with van der Waals surface area (Å²) in [5.41, 5.74) is 3.01. The lowest BCUT2D eigenvalue weighted by molar-refractivity contribution is -0.122. The Kier molecular flexibility index (Phi) is 6.77. The molecule has 0 aliphatic carbocycles. The Balaban J connectivity index is 1.17. The maximum absolute atomic E-state index is 14.1. The molecule has 3 aromatic carbocycles. The Morgan fingerprint density at radius 3 is 2.23 bits per heavy atom. The van der Waals surface area contributed by atoms with Crippen molar-refractivity contribution in [3.63, 3.8) is 0 Å². The maximum Gasteiger partial charge on any atom is 0.259 e. The van der Waals surface area contributed by atoms with E-state index in [-0.39, 0.29) is 17.6 Å². The zero-order valence-electron chi connectivity index (χ0n) is 19.6. The Morgan fingerprint density at radius 2 is 1.49 bits per heavy atom. The van der Waals surface area contributed by atoms with Crippen molar-refractivity contribution < 1.29 is 14.0 Å². The van der Waals surface area contributed by atoms with Gasteiger partial charge in [-0.25, -0.2) is 4.39 Å². The van der Waals surface area contributed by atoms with Crippen LogP contribution in [0.4, 0.5) is 15.8 Å². The Labute approximate surface area is 205 Å². The van der Waals surface area contributed by atoms with E-state index >= 15 is 0 Å². The summed E-state index contributed by atoms with van der Waals surface area (Å²) in [5.74, 6) is -0.504. The van der Waals surface area contributed by atoms with Gasteiger partial charge in [0.2, 0.25) is 5.91 Å². The van der Waals surface area contributed by atoms with Crippen LogP contribution < -0.4 is 15.1 Å². The quantitative estimate of drug-likeness (QED) is 0.598. The average molecular weight is 473 g/mol. The number of carbonyl (C=O) groups excluding carboxylic acids is 2. The van der Waals surface area contributed by atoms with E-state index in [0.717, 1.165) is 37.4 Å². The highest BCUT2D eigenvalue weighted by Gasteiger charge is 2.38. The predicted octanol–water partition coefficient (Wildman–Crippen LogP) is 3.34. The second-order valence-corrected chi connectivity index (χ2v) is 8.96. The van der Waals surface area contributed by atoms with E-state index in [2.05, 4.69) is 15.1 Å². The molecule has 3 aromatic rings. The number of rotatable bonds is 6.